The Morgan fingerprint density at radius 3 is 2.33 bits per heavy atom. The summed E-state index contributed by atoms with van der Waals surface area (Å²) in [7, 11) is -2.63. The number of nitrogens with zero attached hydrogens (tertiary/aromatic N) is 5. The number of hydrogen-bond donors (Lipinski definition) is 3. The molecule has 0 aliphatic carbocycles. The number of fused-ring (bicyclic) bond motifs is 2. The third-order valence-electron chi connectivity index (χ3n) is 10.9. The van der Waals surface area contributed by atoms with Crippen LogP contribution >= 0.6 is 0 Å². The zero-order valence-electron chi connectivity index (χ0n) is 28.2. The number of nitrogens with one attached hydrogen (secondary N) is 2. The van der Waals surface area contributed by atoms with Crippen molar-refractivity contribution >= 4 is 61.3 Å². The number of benzene rings is 3. The maximum atomic E-state index is 15.5. The molecule has 4 saturated heterocycles. The summed E-state index contributed by atoms with van der Waals surface area (Å²) >= 11 is 0. The number of aromatic nitrogens is 2. The number of carbonyl (C=O) groups excluding carboxylic acids is 4. The Bertz CT molecular complexity index is 2380. The quantitative estimate of drug-likeness (QED) is 0.246. The molecule has 17 heteroatoms. The summed E-state index contributed by atoms with van der Waals surface area (Å²) < 4.78 is 45.3. The first kappa shape index (κ1) is 33.8. The van der Waals surface area contributed by atoms with E-state index in [0.717, 1.165) is 42.6 Å². The molecule has 1 atom stereocenters. The van der Waals surface area contributed by atoms with Crippen molar-refractivity contribution in [3.63, 3.8) is 0 Å². The molecule has 0 saturated carbocycles. The van der Waals surface area contributed by atoms with Gasteiger partial charge >= 0.3 is 15.9 Å². The van der Waals surface area contributed by atoms with Gasteiger partial charge in [-0.05, 0) is 73.0 Å². The van der Waals surface area contributed by atoms with Crippen molar-refractivity contribution in [1.82, 2.24) is 29.0 Å². The van der Waals surface area contributed by atoms with E-state index in [2.05, 4.69) is 10.2 Å². The Morgan fingerprint density at radius 2 is 1.63 bits per heavy atom. The molecule has 15 nitrogen and oxygen atoms in total. The van der Waals surface area contributed by atoms with Gasteiger partial charge in [0.05, 0.1) is 17.6 Å². The van der Waals surface area contributed by atoms with Gasteiger partial charge in [0.25, 0.3) is 5.91 Å². The maximum absolute atomic E-state index is 15.5. The lowest BCUT2D eigenvalue weighted by Gasteiger charge is -2.41. The van der Waals surface area contributed by atoms with Crippen LogP contribution in [0.25, 0.3) is 21.8 Å². The number of phenols is 1. The Hall–Kier alpha value is -5.29. The topological polar surface area (TPSA) is 183 Å². The highest BCUT2D eigenvalue weighted by Crippen LogP contribution is 2.40. The van der Waals surface area contributed by atoms with Crippen molar-refractivity contribution in [3.8, 4) is 5.75 Å². The Kier molecular flexibility index (Phi) is 8.09. The van der Waals surface area contributed by atoms with Crippen LogP contribution in [-0.4, -0.2) is 95.4 Å². The molecule has 4 aromatic rings. The van der Waals surface area contributed by atoms with Gasteiger partial charge in [-0.25, -0.2) is 18.2 Å². The zero-order chi connectivity index (χ0) is 36.6. The predicted molar refractivity (Wildman–Crippen MR) is 186 cm³/mol. The first-order chi connectivity index (χ1) is 24.8. The third kappa shape index (κ3) is 5.67. The van der Waals surface area contributed by atoms with Crippen LogP contribution in [0.3, 0.4) is 0 Å². The molecule has 3 aromatic carbocycles. The van der Waals surface area contributed by atoms with Crippen LogP contribution in [0.4, 0.5) is 10.1 Å². The van der Waals surface area contributed by atoms with Crippen LogP contribution < -0.4 is 20.0 Å². The summed E-state index contributed by atoms with van der Waals surface area (Å²) in [6, 6.07) is 11.4. The Labute approximate surface area is 296 Å². The molecule has 52 heavy (non-hydrogen) atoms. The Balaban J connectivity index is 0.875. The van der Waals surface area contributed by atoms with E-state index in [0.29, 0.717) is 28.3 Å². The molecule has 0 radical (unpaired) electrons. The molecule has 5 heterocycles. The van der Waals surface area contributed by atoms with Crippen LogP contribution in [0.1, 0.15) is 54.7 Å². The van der Waals surface area contributed by atoms with Crippen molar-refractivity contribution in [1.29, 1.82) is 0 Å². The average Bonchev–Trinajstić information content (AvgIpc) is 3.49. The zero-order valence-corrected chi connectivity index (χ0v) is 29.0. The van der Waals surface area contributed by atoms with E-state index in [1.165, 1.54) is 16.7 Å². The van der Waals surface area contributed by atoms with E-state index in [4.69, 9.17) is 0 Å². The first-order valence-corrected chi connectivity index (χ1v) is 18.6. The van der Waals surface area contributed by atoms with Gasteiger partial charge in [-0.2, -0.15) is 8.42 Å². The first-order valence-electron chi connectivity index (χ1n) is 17.1. The number of halogens is 1. The monoisotopic (exact) mass is 733 g/mol. The summed E-state index contributed by atoms with van der Waals surface area (Å²) in [5.41, 5.74) is 2.43. The van der Waals surface area contributed by atoms with Gasteiger partial charge in [0.15, 0.2) is 5.82 Å². The minimum absolute atomic E-state index is 0.0143. The lowest BCUT2D eigenvalue weighted by atomic mass is 9.88. The number of anilines is 1. The number of rotatable bonds is 6. The Morgan fingerprint density at radius 1 is 0.923 bits per heavy atom. The minimum Gasteiger partial charge on any atom is -0.506 e. The van der Waals surface area contributed by atoms with Crippen LogP contribution in [0.15, 0.2) is 47.3 Å². The van der Waals surface area contributed by atoms with Crippen molar-refractivity contribution in [2.45, 2.75) is 43.6 Å². The van der Waals surface area contributed by atoms with E-state index >= 15 is 4.39 Å². The summed E-state index contributed by atoms with van der Waals surface area (Å²) in [4.78, 5) is 66.1. The largest absolute Gasteiger partial charge is 0.506 e. The molecule has 272 valence electrons. The lowest BCUT2D eigenvalue weighted by molar-refractivity contribution is -0.137. The predicted octanol–water partition coefficient (Wildman–Crippen LogP) is 1.30. The van der Waals surface area contributed by atoms with E-state index in [9.17, 15) is 37.5 Å². The number of aromatic hydroxyl groups is 1. The highest BCUT2D eigenvalue weighted by Gasteiger charge is 2.39. The molecular weight excluding hydrogens is 697 g/mol. The molecule has 4 fully saturated rings. The fourth-order valence-corrected chi connectivity index (χ4v) is 9.13. The number of imide groups is 1. The minimum atomic E-state index is -4.31. The van der Waals surface area contributed by atoms with Gasteiger partial charge in [-0.3, -0.25) is 38.5 Å². The summed E-state index contributed by atoms with van der Waals surface area (Å²) in [5.74, 6) is -2.91. The number of amides is 4. The second kappa shape index (κ2) is 12.4. The standard InChI is InChI=1S/C35H36FN7O8S/c1-39-27-13-21(3-5-25(27)43(35(39)49)26-6-7-29(45)37-34(26)48)19-8-10-40(11-9-19)18-31(47)41-15-23(16-41)20-2-4-24-22(12-20)14-28(44)33(32(24)36)42-17-30(46)38-52(42,50)51/h2-5,12-14,19,23,26,44H,6-11,15-18H2,1H3,(H,38,46)(H,37,45,48). The van der Waals surface area contributed by atoms with Crippen molar-refractivity contribution in [2.24, 2.45) is 7.05 Å². The second-order valence-corrected chi connectivity index (χ2v) is 15.6. The highest BCUT2D eigenvalue weighted by molar-refractivity contribution is 7.92. The molecule has 4 amide bonds. The van der Waals surface area contributed by atoms with Gasteiger partial charge < -0.3 is 10.0 Å². The number of phenolic OH excluding ortho intramolecular Hbond substituents is 1. The lowest BCUT2D eigenvalue weighted by Crippen LogP contribution is -2.52. The average molecular weight is 734 g/mol. The number of piperidine rings is 2. The van der Waals surface area contributed by atoms with Gasteiger partial charge in [0, 0.05) is 37.9 Å². The molecule has 1 aromatic heterocycles. The molecule has 3 N–H and O–H groups in total. The number of hydrogen-bond acceptors (Lipinski definition) is 9. The smallest absolute Gasteiger partial charge is 0.329 e. The van der Waals surface area contributed by atoms with Gasteiger partial charge in [0.2, 0.25) is 17.7 Å². The molecule has 4 aliphatic rings. The van der Waals surface area contributed by atoms with Crippen LogP contribution in [-0.2, 0) is 36.4 Å². The SMILES string of the molecule is Cn1c(=O)n(C2CCC(=O)NC2=O)c2ccc(C3CCN(CC(=O)N4CC(c5ccc6c(F)c(N7CC(=O)NS7(=O)=O)c(O)cc6c5)C4)CC3)cc21. The van der Waals surface area contributed by atoms with E-state index in [1.54, 1.807) is 33.4 Å². The molecule has 0 bridgehead atoms. The third-order valence-corrected chi connectivity index (χ3v) is 12.3. The highest BCUT2D eigenvalue weighted by atomic mass is 32.2. The maximum Gasteiger partial charge on any atom is 0.329 e. The van der Waals surface area contributed by atoms with Crippen molar-refractivity contribution in [3.05, 3.63) is 69.9 Å². The number of imidazole rings is 1. The molecular formula is C35H36FN7O8S. The summed E-state index contributed by atoms with van der Waals surface area (Å²) in [6.07, 6.45) is 2.13. The summed E-state index contributed by atoms with van der Waals surface area (Å²) in [6.45, 7) is 2.09. The molecule has 1 unspecified atom stereocenters. The van der Waals surface area contributed by atoms with Crippen molar-refractivity contribution in [2.75, 3.05) is 43.6 Å². The van der Waals surface area contributed by atoms with Crippen molar-refractivity contribution < 1.29 is 37.1 Å². The molecule has 4 aliphatic heterocycles. The van der Waals surface area contributed by atoms with E-state index < -0.39 is 51.9 Å². The van der Waals surface area contributed by atoms with Gasteiger partial charge in [-0.15, -0.1) is 0 Å². The van der Waals surface area contributed by atoms with E-state index in [1.807, 2.05) is 18.2 Å². The van der Waals surface area contributed by atoms with Crippen LogP contribution in [0, 0.1) is 5.82 Å². The number of carbonyl (C=O) groups is 4. The van der Waals surface area contributed by atoms with Gasteiger partial charge in [0.1, 0.15) is 24.0 Å². The fourth-order valence-electron chi connectivity index (χ4n) is 7.97. The van der Waals surface area contributed by atoms with E-state index in [-0.39, 0.29) is 54.1 Å². The second-order valence-electron chi connectivity index (χ2n) is 14.0. The summed E-state index contributed by atoms with van der Waals surface area (Å²) in [5, 5.41) is 13.4. The van der Waals surface area contributed by atoms with Crippen LogP contribution in [0.5, 0.6) is 5.75 Å². The van der Waals surface area contributed by atoms with Crippen LogP contribution in [0.2, 0.25) is 0 Å². The van der Waals surface area contributed by atoms with Gasteiger partial charge in [-0.1, -0.05) is 24.3 Å². The molecule has 0 spiro atoms. The molecule has 8 rings (SSSR count). The number of aryl methyl sites for hydroxylation is 1. The normalized spacial score (nSPS) is 21.5. The fraction of sp³-hybridized carbons (Fsp3) is 0.400. The number of likely N-dealkylation sites (tertiary alicyclic amines) is 2.